The highest BCUT2D eigenvalue weighted by Gasteiger charge is 2.31. The van der Waals surface area contributed by atoms with Gasteiger partial charge in [0.15, 0.2) is 0 Å². The van der Waals surface area contributed by atoms with Crippen LogP contribution in [0.4, 0.5) is 11.4 Å². The Bertz CT molecular complexity index is 755. The number of halogens is 1. The van der Waals surface area contributed by atoms with Gasteiger partial charge in [0.1, 0.15) is 0 Å². The van der Waals surface area contributed by atoms with E-state index in [2.05, 4.69) is 46.7 Å². The van der Waals surface area contributed by atoms with Crippen molar-refractivity contribution in [3.63, 3.8) is 0 Å². The van der Waals surface area contributed by atoms with E-state index in [1.807, 2.05) is 0 Å². The van der Waals surface area contributed by atoms with Crippen LogP contribution in [0, 0.1) is 11.3 Å². The van der Waals surface area contributed by atoms with Crippen molar-refractivity contribution < 1.29 is 4.74 Å². The topological polar surface area (TPSA) is 19.0 Å². The van der Waals surface area contributed by atoms with E-state index in [1.165, 1.54) is 109 Å². The molecule has 0 N–H and O–H groups in total. The van der Waals surface area contributed by atoms with Crippen molar-refractivity contribution in [2.24, 2.45) is 11.3 Å². The number of rotatable bonds is 5. The smallest absolute Gasteiger partial charge is 0.0469 e. The standard InChI is InChI=1S/C29H47N3O.ClH/c1-29(2)12-8-25(9-13-29)27-22-26(31-14-4-3-5-15-31)6-7-28(27)32-18-16-30(17-19-32)23-24-10-20-33-21-11-24;/h6-7,22,24-25H,3-5,8-21,23H2,1-2H3;1H. The largest absolute Gasteiger partial charge is 0.381 e. The molecule has 0 amide bonds. The Morgan fingerprint density at radius 2 is 1.50 bits per heavy atom. The zero-order chi connectivity index (χ0) is 22.7. The van der Waals surface area contributed by atoms with Crippen molar-refractivity contribution in [3.05, 3.63) is 23.8 Å². The Balaban J connectivity index is 0.00000274. The van der Waals surface area contributed by atoms with Gasteiger partial charge in [-0.05, 0) is 98.8 Å². The normalized spacial score (nSPS) is 25.2. The summed E-state index contributed by atoms with van der Waals surface area (Å²) in [5.41, 5.74) is 5.21. The average molecular weight is 490 g/mol. The summed E-state index contributed by atoms with van der Waals surface area (Å²) in [6.07, 6.45) is 12.0. The predicted molar refractivity (Wildman–Crippen MR) is 147 cm³/mol. The third kappa shape index (κ3) is 6.42. The van der Waals surface area contributed by atoms with Crippen LogP contribution in [0.1, 0.15) is 83.1 Å². The molecular formula is C29H48ClN3O. The molecule has 192 valence electrons. The van der Waals surface area contributed by atoms with E-state index >= 15 is 0 Å². The Labute approximate surface area is 214 Å². The van der Waals surface area contributed by atoms with Crippen LogP contribution in [0.2, 0.25) is 0 Å². The molecule has 4 nitrogen and oxygen atoms in total. The zero-order valence-corrected chi connectivity index (χ0v) is 22.6. The van der Waals surface area contributed by atoms with Gasteiger partial charge in [0.25, 0.3) is 0 Å². The first-order valence-electron chi connectivity index (χ1n) is 14.0. The van der Waals surface area contributed by atoms with Gasteiger partial charge in [-0.3, -0.25) is 4.90 Å². The van der Waals surface area contributed by atoms with Crippen molar-refractivity contribution in [1.29, 1.82) is 0 Å². The quantitative estimate of drug-likeness (QED) is 0.480. The van der Waals surface area contributed by atoms with Crippen LogP contribution < -0.4 is 9.80 Å². The fourth-order valence-corrected chi connectivity index (χ4v) is 6.68. The fourth-order valence-electron chi connectivity index (χ4n) is 6.68. The van der Waals surface area contributed by atoms with Gasteiger partial charge in [0.2, 0.25) is 0 Å². The maximum absolute atomic E-state index is 5.57. The Kier molecular flexibility index (Phi) is 9.09. The minimum absolute atomic E-state index is 0. The summed E-state index contributed by atoms with van der Waals surface area (Å²) in [6, 6.07) is 7.54. The second kappa shape index (κ2) is 11.8. The summed E-state index contributed by atoms with van der Waals surface area (Å²) in [6.45, 7) is 15.4. The number of hydrogen-bond donors (Lipinski definition) is 0. The summed E-state index contributed by atoms with van der Waals surface area (Å²) in [5, 5.41) is 0. The molecule has 5 rings (SSSR count). The molecule has 1 saturated carbocycles. The lowest BCUT2D eigenvalue weighted by Crippen LogP contribution is -2.48. The highest BCUT2D eigenvalue weighted by Crippen LogP contribution is 2.46. The van der Waals surface area contributed by atoms with E-state index in [9.17, 15) is 0 Å². The zero-order valence-electron chi connectivity index (χ0n) is 21.8. The van der Waals surface area contributed by atoms with Gasteiger partial charge in [-0.15, -0.1) is 12.4 Å². The van der Waals surface area contributed by atoms with Crippen LogP contribution in [0.5, 0.6) is 0 Å². The molecule has 1 aromatic carbocycles. The minimum Gasteiger partial charge on any atom is -0.381 e. The highest BCUT2D eigenvalue weighted by molar-refractivity contribution is 5.85. The van der Waals surface area contributed by atoms with Gasteiger partial charge in [0, 0.05) is 70.4 Å². The first kappa shape index (κ1) is 26.1. The molecule has 3 aliphatic heterocycles. The highest BCUT2D eigenvalue weighted by atomic mass is 35.5. The van der Waals surface area contributed by atoms with Crippen LogP contribution in [-0.4, -0.2) is 63.9 Å². The lowest BCUT2D eigenvalue weighted by molar-refractivity contribution is 0.0517. The monoisotopic (exact) mass is 489 g/mol. The summed E-state index contributed by atoms with van der Waals surface area (Å²) in [5.74, 6) is 1.58. The maximum atomic E-state index is 5.57. The Morgan fingerprint density at radius 1 is 0.824 bits per heavy atom. The van der Waals surface area contributed by atoms with Crippen molar-refractivity contribution >= 4 is 23.8 Å². The molecule has 5 heteroatoms. The van der Waals surface area contributed by atoms with E-state index in [0.717, 1.165) is 25.0 Å². The van der Waals surface area contributed by atoms with Crippen molar-refractivity contribution in [3.8, 4) is 0 Å². The second-order valence-corrected chi connectivity index (χ2v) is 12.1. The fraction of sp³-hybridized carbons (Fsp3) is 0.793. The average Bonchev–Trinajstić information content (AvgIpc) is 2.85. The SMILES string of the molecule is CC1(C)CCC(c2cc(N3CCCCC3)ccc2N2CCN(CC3CCOCC3)CC2)CC1.Cl. The lowest BCUT2D eigenvalue weighted by Gasteiger charge is -2.41. The van der Waals surface area contributed by atoms with E-state index in [4.69, 9.17) is 4.74 Å². The summed E-state index contributed by atoms with van der Waals surface area (Å²) >= 11 is 0. The predicted octanol–water partition coefficient (Wildman–Crippen LogP) is 6.33. The number of anilines is 2. The second-order valence-electron chi connectivity index (χ2n) is 12.1. The number of piperidine rings is 1. The van der Waals surface area contributed by atoms with E-state index in [0.29, 0.717) is 5.41 Å². The molecule has 3 saturated heterocycles. The number of hydrogen-bond acceptors (Lipinski definition) is 4. The maximum Gasteiger partial charge on any atom is 0.0469 e. The summed E-state index contributed by atoms with van der Waals surface area (Å²) in [4.78, 5) is 8.09. The lowest BCUT2D eigenvalue weighted by atomic mass is 9.71. The van der Waals surface area contributed by atoms with Crippen LogP contribution in [0.3, 0.4) is 0 Å². The van der Waals surface area contributed by atoms with Crippen molar-refractivity contribution in [2.75, 3.05) is 68.8 Å². The van der Waals surface area contributed by atoms with Crippen molar-refractivity contribution in [1.82, 2.24) is 4.90 Å². The van der Waals surface area contributed by atoms with E-state index in [-0.39, 0.29) is 12.4 Å². The molecular weight excluding hydrogens is 442 g/mol. The first-order chi connectivity index (χ1) is 16.1. The number of ether oxygens (including phenoxy) is 1. The van der Waals surface area contributed by atoms with Crippen LogP contribution in [0.25, 0.3) is 0 Å². The molecule has 1 aliphatic carbocycles. The first-order valence-corrected chi connectivity index (χ1v) is 14.0. The molecule has 3 heterocycles. The molecule has 4 fully saturated rings. The molecule has 34 heavy (non-hydrogen) atoms. The molecule has 0 aromatic heterocycles. The number of nitrogens with zero attached hydrogens (tertiary/aromatic N) is 3. The molecule has 0 atom stereocenters. The van der Waals surface area contributed by atoms with E-state index in [1.54, 1.807) is 11.3 Å². The Hall–Kier alpha value is -0.970. The third-order valence-electron chi connectivity index (χ3n) is 9.08. The molecule has 1 aromatic rings. The van der Waals surface area contributed by atoms with Gasteiger partial charge in [-0.25, -0.2) is 0 Å². The van der Waals surface area contributed by atoms with Crippen molar-refractivity contribution in [2.45, 2.75) is 77.6 Å². The summed E-state index contributed by atoms with van der Waals surface area (Å²) < 4.78 is 5.57. The molecule has 4 aliphatic rings. The minimum atomic E-state index is 0. The van der Waals surface area contributed by atoms with Gasteiger partial charge in [0.05, 0.1) is 0 Å². The Morgan fingerprint density at radius 3 is 2.18 bits per heavy atom. The van der Waals surface area contributed by atoms with Gasteiger partial charge >= 0.3 is 0 Å². The number of piperazine rings is 1. The molecule has 0 radical (unpaired) electrons. The third-order valence-corrected chi connectivity index (χ3v) is 9.08. The van der Waals surface area contributed by atoms with Gasteiger partial charge in [-0.2, -0.15) is 0 Å². The number of benzene rings is 1. The van der Waals surface area contributed by atoms with Crippen LogP contribution >= 0.6 is 12.4 Å². The van der Waals surface area contributed by atoms with E-state index < -0.39 is 0 Å². The molecule has 0 bridgehead atoms. The van der Waals surface area contributed by atoms with Crippen LogP contribution in [0.15, 0.2) is 18.2 Å². The van der Waals surface area contributed by atoms with Crippen LogP contribution in [-0.2, 0) is 4.74 Å². The van der Waals surface area contributed by atoms with Gasteiger partial charge < -0.3 is 14.5 Å². The summed E-state index contributed by atoms with van der Waals surface area (Å²) in [7, 11) is 0. The van der Waals surface area contributed by atoms with Gasteiger partial charge in [-0.1, -0.05) is 13.8 Å². The molecule has 0 spiro atoms. The molecule has 0 unspecified atom stereocenters.